The van der Waals surface area contributed by atoms with Gasteiger partial charge in [-0.3, -0.25) is 0 Å². The summed E-state index contributed by atoms with van der Waals surface area (Å²) in [7, 11) is 2.20. The Bertz CT molecular complexity index is 279. The van der Waals surface area contributed by atoms with Crippen LogP contribution in [-0.4, -0.2) is 7.28 Å². The van der Waals surface area contributed by atoms with Crippen LogP contribution in [0.15, 0.2) is 24.3 Å². The minimum absolute atomic E-state index is 0.133. The first-order valence-corrected chi connectivity index (χ1v) is 4.95. The molecule has 1 aromatic carbocycles. The minimum atomic E-state index is -0.133. The average molecular weight is 175 g/mol. The maximum Gasteiger partial charge on any atom is 0.155 e. The Balaban J connectivity index is 2.00. The number of rotatable bonds is 2. The van der Waals surface area contributed by atoms with Crippen molar-refractivity contribution < 1.29 is 4.39 Å². The highest BCUT2D eigenvalue weighted by Crippen LogP contribution is 2.28. The molecule has 0 N–H and O–H groups in total. The van der Waals surface area contributed by atoms with Crippen molar-refractivity contribution in [2.45, 2.75) is 31.5 Å². The standard InChI is InChI=1S/C11H13BF/c13-11-7-3-6-10(8-11)12-9-4-1-2-5-9/h3,6-9H,1-2,4-5H2. The minimum Gasteiger partial charge on any atom is -0.207 e. The normalized spacial score (nSPS) is 17.6. The third-order valence-electron chi connectivity index (χ3n) is 2.68. The summed E-state index contributed by atoms with van der Waals surface area (Å²) in [4.78, 5) is 0. The van der Waals surface area contributed by atoms with Crippen LogP contribution in [0.2, 0.25) is 5.82 Å². The lowest BCUT2D eigenvalue weighted by Gasteiger charge is -2.06. The zero-order chi connectivity index (χ0) is 9.10. The molecule has 2 heteroatoms. The molecule has 2 rings (SSSR count). The van der Waals surface area contributed by atoms with Crippen LogP contribution in [0.3, 0.4) is 0 Å². The molecule has 0 unspecified atom stereocenters. The summed E-state index contributed by atoms with van der Waals surface area (Å²) in [6.45, 7) is 0. The molecule has 0 aromatic heterocycles. The summed E-state index contributed by atoms with van der Waals surface area (Å²) in [5.41, 5.74) is 1.03. The smallest absolute Gasteiger partial charge is 0.155 e. The van der Waals surface area contributed by atoms with Gasteiger partial charge in [0.25, 0.3) is 0 Å². The number of benzene rings is 1. The largest absolute Gasteiger partial charge is 0.207 e. The molecule has 0 nitrogen and oxygen atoms in total. The van der Waals surface area contributed by atoms with Gasteiger partial charge in [-0.1, -0.05) is 49.1 Å². The second kappa shape index (κ2) is 3.95. The molecule has 1 fully saturated rings. The molecule has 0 spiro atoms. The summed E-state index contributed by atoms with van der Waals surface area (Å²) >= 11 is 0. The summed E-state index contributed by atoms with van der Waals surface area (Å²) < 4.78 is 12.8. The Hall–Kier alpha value is -0.785. The predicted octanol–water partition coefficient (Wildman–Crippen LogP) is 2.52. The molecule has 1 aromatic rings. The molecule has 0 heterocycles. The molecule has 1 radical (unpaired) electrons. The summed E-state index contributed by atoms with van der Waals surface area (Å²) in [6.07, 6.45) is 5.21. The van der Waals surface area contributed by atoms with E-state index in [0.717, 1.165) is 5.46 Å². The second-order valence-electron chi connectivity index (χ2n) is 3.77. The third-order valence-corrected chi connectivity index (χ3v) is 2.68. The van der Waals surface area contributed by atoms with E-state index in [1.807, 2.05) is 6.07 Å². The molecule has 13 heavy (non-hydrogen) atoms. The molecular formula is C11H13BF. The Labute approximate surface area is 79.4 Å². The van der Waals surface area contributed by atoms with Crippen molar-refractivity contribution >= 4 is 12.7 Å². The lowest BCUT2D eigenvalue weighted by atomic mass is 9.58. The van der Waals surface area contributed by atoms with Crippen molar-refractivity contribution in [3.63, 3.8) is 0 Å². The van der Waals surface area contributed by atoms with E-state index in [2.05, 4.69) is 7.28 Å². The fourth-order valence-corrected chi connectivity index (χ4v) is 2.01. The average Bonchev–Trinajstić information content (AvgIpc) is 2.57. The second-order valence-corrected chi connectivity index (χ2v) is 3.77. The molecule has 0 atom stereocenters. The van der Waals surface area contributed by atoms with Gasteiger partial charge >= 0.3 is 0 Å². The van der Waals surface area contributed by atoms with Crippen molar-refractivity contribution in [2.24, 2.45) is 0 Å². The van der Waals surface area contributed by atoms with Gasteiger partial charge in [-0.05, 0) is 12.1 Å². The molecule has 0 amide bonds. The molecule has 0 bridgehead atoms. The fourth-order valence-electron chi connectivity index (χ4n) is 2.01. The quantitative estimate of drug-likeness (QED) is 0.605. The zero-order valence-electron chi connectivity index (χ0n) is 7.67. The first-order valence-electron chi connectivity index (χ1n) is 4.95. The van der Waals surface area contributed by atoms with E-state index in [0.29, 0.717) is 5.82 Å². The van der Waals surface area contributed by atoms with Crippen LogP contribution < -0.4 is 5.46 Å². The van der Waals surface area contributed by atoms with Gasteiger partial charge in [0.05, 0.1) is 0 Å². The Morgan fingerprint density at radius 1 is 1.23 bits per heavy atom. The van der Waals surface area contributed by atoms with Crippen LogP contribution in [0, 0.1) is 5.82 Å². The molecule has 0 aliphatic heterocycles. The number of halogens is 1. The van der Waals surface area contributed by atoms with E-state index in [1.54, 1.807) is 12.1 Å². The van der Waals surface area contributed by atoms with Gasteiger partial charge in [0.1, 0.15) is 5.82 Å². The molecular weight excluding hydrogens is 162 g/mol. The van der Waals surface area contributed by atoms with Crippen molar-refractivity contribution in [2.75, 3.05) is 0 Å². The van der Waals surface area contributed by atoms with E-state index in [-0.39, 0.29) is 5.82 Å². The Kier molecular flexibility index (Phi) is 2.67. The summed E-state index contributed by atoms with van der Waals surface area (Å²) in [5.74, 6) is 0.550. The van der Waals surface area contributed by atoms with E-state index in [4.69, 9.17) is 0 Å². The van der Waals surface area contributed by atoms with Gasteiger partial charge < -0.3 is 0 Å². The van der Waals surface area contributed by atoms with Crippen LogP contribution in [0.4, 0.5) is 4.39 Å². The third kappa shape index (κ3) is 2.33. The van der Waals surface area contributed by atoms with Crippen LogP contribution in [-0.2, 0) is 0 Å². The predicted molar refractivity (Wildman–Crippen MR) is 54.0 cm³/mol. The van der Waals surface area contributed by atoms with Crippen LogP contribution in [0.5, 0.6) is 0 Å². The monoisotopic (exact) mass is 175 g/mol. The zero-order valence-corrected chi connectivity index (χ0v) is 7.67. The fraction of sp³-hybridized carbons (Fsp3) is 0.455. The highest BCUT2D eigenvalue weighted by Gasteiger charge is 2.16. The van der Waals surface area contributed by atoms with Gasteiger partial charge in [0, 0.05) is 0 Å². The lowest BCUT2D eigenvalue weighted by molar-refractivity contribution is 0.629. The summed E-state index contributed by atoms with van der Waals surface area (Å²) in [6, 6.07) is 6.85. The van der Waals surface area contributed by atoms with Gasteiger partial charge in [-0.2, -0.15) is 0 Å². The first kappa shape index (κ1) is 8.80. The Morgan fingerprint density at radius 2 is 2.00 bits per heavy atom. The van der Waals surface area contributed by atoms with Crippen LogP contribution >= 0.6 is 0 Å². The lowest BCUT2D eigenvalue weighted by Crippen LogP contribution is -2.18. The highest BCUT2D eigenvalue weighted by molar-refractivity contribution is 6.55. The van der Waals surface area contributed by atoms with E-state index in [1.165, 1.54) is 31.7 Å². The van der Waals surface area contributed by atoms with E-state index in [9.17, 15) is 4.39 Å². The highest BCUT2D eigenvalue weighted by atomic mass is 19.1. The topological polar surface area (TPSA) is 0 Å². The SMILES string of the molecule is Fc1cccc([B]C2CCCC2)c1. The number of hydrogen-bond donors (Lipinski definition) is 0. The molecule has 1 aliphatic carbocycles. The van der Waals surface area contributed by atoms with Gasteiger partial charge in [0.2, 0.25) is 0 Å². The van der Waals surface area contributed by atoms with Crippen molar-refractivity contribution in [3.8, 4) is 0 Å². The van der Waals surface area contributed by atoms with Crippen LogP contribution in [0.1, 0.15) is 25.7 Å². The first-order chi connectivity index (χ1) is 6.34. The van der Waals surface area contributed by atoms with Gasteiger partial charge in [-0.15, -0.1) is 0 Å². The van der Waals surface area contributed by atoms with Crippen molar-refractivity contribution in [1.82, 2.24) is 0 Å². The maximum absolute atomic E-state index is 12.8. The van der Waals surface area contributed by atoms with Gasteiger partial charge in [0.15, 0.2) is 7.28 Å². The Morgan fingerprint density at radius 3 is 2.69 bits per heavy atom. The molecule has 1 aliphatic rings. The maximum atomic E-state index is 12.8. The molecule has 1 saturated carbocycles. The molecule has 67 valence electrons. The van der Waals surface area contributed by atoms with E-state index >= 15 is 0 Å². The van der Waals surface area contributed by atoms with Crippen LogP contribution in [0.25, 0.3) is 0 Å². The van der Waals surface area contributed by atoms with Gasteiger partial charge in [-0.25, -0.2) is 4.39 Å². The molecule has 0 saturated heterocycles. The van der Waals surface area contributed by atoms with Crippen molar-refractivity contribution in [3.05, 3.63) is 30.1 Å². The number of hydrogen-bond acceptors (Lipinski definition) is 0. The van der Waals surface area contributed by atoms with E-state index < -0.39 is 0 Å². The summed E-state index contributed by atoms with van der Waals surface area (Å²) in [5, 5.41) is 0. The van der Waals surface area contributed by atoms with Crippen molar-refractivity contribution in [1.29, 1.82) is 0 Å².